The maximum absolute atomic E-state index is 13.7. The molecule has 0 spiro atoms. The summed E-state index contributed by atoms with van der Waals surface area (Å²) in [5.41, 5.74) is 3.41. The highest BCUT2D eigenvalue weighted by Crippen LogP contribution is 2.42. The molecule has 0 fully saturated rings. The minimum absolute atomic E-state index is 0.00728. The van der Waals surface area contributed by atoms with Crippen LogP contribution in [0, 0.1) is 0 Å². The van der Waals surface area contributed by atoms with Gasteiger partial charge < -0.3 is 9.80 Å². The Morgan fingerprint density at radius 1 is 0.900 bits per heavy atom. The van der Waals surface area contributed by atoms with Gasteiger partial charge in [0.15, 0.2) is 0 Å². The summed E-state index contributed by atoms with van der Waals surface area (Å²) in [6.07, 6.45) is 1.13. The second-order valence-corrected chi connectivity index (χ2v) is 7.65. The summed E-state index contributed by atoms with van der Waals surface area (Å²) in [6.45, 7) is 3.95. The van der Waals surface area contributed by atoms with Crippen molar-refractivity contribution < 1.29 is 9.59 Å². The minimum atomic E-state index is -0.160. The number of nitrogens with zero attached hydrogens (tertiary/aromatic N) is 2. The van der Waals surface area contributed by atoms with Crippen molar-refractivity contribution in [2.75, 3.05) is 9.80 Å². The number of rotatable bonds is 4. The van der Waals surface area contributed by atoms with Gasteiger partial charge in [0.2, 0.25) is 5.91 Å². The van der Waals surface area contributed by atoms with Crippen LogP contribution in [0.1, 0.15) is 48.7 Å². The Kier molecular flexibility index (Phi) is 5.66. The van der Waals surface area contributed by atoms with Gasteiger partial charge in [-0.15, -0.1) is 0 Å². The Hall–Kier alpha value is -3.40. The van der Waals surface area contributed by atoms with E-state index in [1.807, 2.05) is 102 Å². The van der Waals surface area contributed by atoms with Gasteiger partial charge in [0.25, 0.3) is 5.91 Å². The SMILES string of the molecule is CCC(=O)N1c2ccccc2[C@@H](N(C(=O)c2ccccc2)c2ccccc2)C[C@@H]1C. The summed E-state index contributed by atoms with van der Waals surface area (Å²) < 4.78 is 0. The van der Waals surface area contributed by atoms with Gasteiger partial charge in [-0.1, -0.05) is 61.5 Å². The lowest BCUT2D eigenvalue weighted by atomic mass is 9.89. The number of carbonyl (C=O) groups excluding carboxylic acids is 2. The molecule has 0 N–H and O–H groups in total. The van der Waals surface area contributed by atoms with E-state index >= 15 is 0 Å². The summed E-state index contributed by atoms with van der Waals surface area (Å²) in [4.78, 5) is 30.1. The Bertz CT molecular complexity index is 1030. The Morgan fingerprint density at radius 2 is 1.50 bits per heavy atom. The molecule has 1 heterocycles. The van der Waals surface area contributed by atoms with E-state index in [-0.39, 0.29) is 23.9 Å². The second kappa shape index (κ2) is 8.54. The van der Waals surface area contributed by atoms with Gasteiger partial charge in [-0.2, -0.15) is 0 Å². The van der Waals surface area contributed by atoms with Crippen LogP contribution in [0.25, 0.3) is 0 Å². The molecule has 0 saturated carbocycles. The van der Waals surface area contributed by atoms with Crippen molar-refractivity contribution in [3.8, 4) is 0 Å². The number of benzene rings is 3. The lowest BCUT2D eigenvalue weighted by molar-refractivity contribution is -0.118. The van der Waals surface area contributed by atoms with Gasteiger partial charge in [0.1, 0.15) is 0 Å². The highest BCUT2D eigenvalue weighted by atomic mass is 16.2. The molecule has 0 radical (unpaired) electrons. The molecule has 0 aromatic heterocycles. The molecule has 1 aliphatic heterocycles. The van der Waals surface area contributed by atoms with E-state index in [1.165, 1.54) is 0 Å². The fraction of sp³-hybridized carbons (Fsp3) is 0.231. The van der Waals surface area contributed by atoms with E-state index in [2.05, 4.69) is 6.92 Å². The average Bonchev–Trinajstić information content (AvgIpc) is 2.80. The molecule has 1 aliphatic rings. The normalized spacial score (nSPS) is 17.9. The zero-order valence-corrected chi connectivity index (χ0v) is 17.4. The Labute approximate surface area is 177 Å². The largest absolute Gasteiger partial charge is 0.309 e. The van der Waals surface area contributed by atoms with Crippen molar-refractivity contribution in [3.63, 3.8) is 0 Å². The third-order valence-electron chi connectivity index (χ3n) is 5.72. The quantitative estimate of drug-likeness (QED) is 0.573. The molecule has 4 rings (SSSR count). The van der Waals surface area contributed by atoms with Crippen molar-refractivity contribution in [2.24, 2.45) is 0 Å². The number of para-hydroxylation sites is 2. The van der Waals surface area contributed by atoms with Crippen molar-refractivity contribution in [1.29, 1.82) is 0 Å². The predicted octanol–water partition coefficient (Wildman–Crippen LogP) is 5.61. The molecule has 152 valence electrons. The first-order chi connectivity index (χ1) is 14.6. The molecule has 30 heavy (non-hydrogen) atoms. The molecule has 2 atom stereocenters. The van der Waals surface area contributed by atoms with E-state index < -0.39 is 0 Å². The number of fused-ring (bicyclic) bond motifs is 1. The van der Waals surface area contributed by atoms with E-state index in [0.717, 1.165) is 16.9 Å². The Morgan fingerprint density at radius 3 is 2.17 bits per heavy atom. The van der Waals surface area contributed by atoms with Crippen molar-refractivity contribution in [2.45, 2.75) is 38.8 Å². The highest BCUT2D eigenvalue weighted by molar-refractivity contribution is 6.07. The fourth-order valence-corrected chi connectivity index (χ4v) is 4.32. The average molecular weight is 399 g/mol. The van der Waals surface area contributed by atoms with Gasteiger partial charge in [-0.3, -0.25) is 9.59 Å². The molecule has 3 aromatic rings. The maximum Gasteiger partial charge on any atom is 0.258 e. The van der Waals surface area contributed by atoms with Crippen LogP contribution in [0.2, 0.25) is 0 Å². The lowest BCUT2D eigenvalue weighted by Gasteiger charge is -2.43. The topological polar surface area (TPSA) is 40.6 Å². The van der Waals surface area contributed by atoms with Crippen LogP contribution in [-0.2, 0) is 4.79 Å². The number of hydrogen-bond acceptors (Lipinski definition) is 2. The molecule has 2 amide bonds. The smallest absolute Gasteiger partial charge is 0.258 e. The van der Waals surface area contributed by atoms with Crippen LogP contribution in [0.4, 0.5) is 11.4 Å². The minimum Gasteiger partial charge on any atom is -0.309 e. The first-order valence-corrected chi connectivity index (χ1v) is 10.5. The van der Waals surface area contributed by atoms with Crippen LogP contribution in [0.3, 0.4) is 0 Å². The number of carbonyl (C=O) groups is 2. The van der Waals surface area contributed by atoms with Gasteiger partial charge >= 0.3 is 0 Å². The zero-order chi connectivity index (χ0) is 21.1. The van der Waals surface area contributed by atoms with Crippen LogP contribution in [0.5, 0.6) is 0 Å². The Balaban J connectivity index is 1.85. The molecular weight excluding hydrogens is 372 g/mol. The summed E-state index contributed by atoms with van der Waals surface area (Å²) >= 11 is 0. The third kappa shape index (κ3) is 3.61. The standard InChI is InChI=1S/C26H26N2O2/c1-3-25(29)27-19(2)18-24(22-16-10-11-17-23(22)27)28(21-14-8-5-9-15-21)26(30)20-12-6-4-7-13-20/h4-17,19,24H,3,18H2,1-2H3/t19-,24-/m0/s1. The molecule has 0 unspecified atom stereocenters. The molecule has 4 nitrogen and oxygen atoms in total. The van der Waals surface area contributed by atoms with Crippen molar-refractivity contribution in [1.82, 2.24) is 0 Å². The van der Waals surface area contributed by atoms with Crippen LogP contribution in [0.15, 0.2) is 84.9 Å². The van der Waals surface area contributed by atoms with Crippen molar-refractivity contribution >= 4 is 23.2 Å². The first-order valence-electron chi connectivity index (χ1n) is 10.5. The molecule has 0 bridgehead atoms. The second-order valence-electron chi connectivity index (χ2n) is 7.65. The van der Waals surface area contributed by atoms with Gasteiger partial charge in [0.05, 0.1) is 6.04 Å². The molecule has 0 aliphatic carbocycles. The first kappa shape index (κ1) is 19.9. The van der Waals surface area contributed by atoms with E-state index in [0.29, 0.717) is 18.4 Å². The van der Waals surface area contributed by atoms with E-state index in [4.69, 9.17) is 0 Å². The number of anilines is 2. The number of hydrogen-bond donors (Lipinski definition) is 0. The maximum atomic E-state index is 13.7. The summed E-state index contributed by atoms with van der Waals surface area (Å²) in [5, 5.41) is 0. The van der Waals surface area contributed by atoms with E-state index in [1.54, 1.807) is 0 Å². The van der Waals surface area contributed by atoms with E-state index in [9.17, 15) is 9.59 Å². The van der Waals surface area contributed by atoms with Crippen molar-refractivity contribution in [3.05, 3.63) is 96.1 Å². The molecule has 0 saturated heterocycles. The fourth-order valence-electron chi connectivity index (χ4n) is 4.32. The van der Waals surface area contributed by atoms with Gasteiger partial charge in [-0.25, -0.2) is 0 Å². The number of amides is 2. The van der Waals surface area contributed by atoms with Crippen LogP contribution in [-0.4, -0.2) is 17.9 Å². The van der Waals surface area contributed by atoms with Crippen LogP contribution >= 0.6 is 0 Å². The van der Waals surface area contributed by atoms with Crippen LogP contribution < -0.4 is 9.80 Å². The monoisotopic (exact) mass is 398 g/mol. The van der Waals surface area contributed by atoms with Gasteiger partial charge in [0, 0.05) is 29.4 Å². The third-order valence-corrected chi connectivity index (χ3v) is 5.72. The summed E-state index contributed by atoms with van der Waals surface area (Å²) in [5.74, 6) is 0.0677. The summed E-state index contributed by atoms with van der Waals surface area (Å²) in [7, 11) is 0. The molecule has 3 aromatic carbocycles. The zero-order valence-electron chi connectivity index (χ0n) is 17.4. The highest BCUT2D eigenvalue weighted by Gasteiger charge is 2.38. The molecule has 4 heteroatoms. The predicted molar refractivity (Wildman–Crippen MR) is 121 cm³/mol. The summed E-state index contributed by atoms with van der Waals surface area (Å²) in [6, 6.07) is 27.0. The lowest BCUT2D eigenvalue weighted by Crippen LogP contribution is -2.47. The van der Waals surface area contributed by atoms with Gasteiger partial charge in [-0.05, 0) is 49.2 Å². The molecular formula is C26H26N2O2.